The summed E-state index contributed by atoms with van der Waals surface area (Å²) in [5.74, 6) is 0.0214. The Bertz CT molecular complexity index is 683. The van der Waals surface area contributed by atoms with E-state index in [1.54, 1.807) is 36.4 Å². The van der Waals surface area contributed by atoms with Crippen LogP contribution in [0, 0.1) is 6.92 Å². The van der Waals surface area contributed by atoms with Gasteiger partial charge in [-0.1, -0.05) is 5.16 Å². The predicted octanol–water partition coefficient (Wildman–Crippen LogP) is 1.30. The number of carbonyl (C=O) groups excluding carboxylic acids is 2. The van der Waals surface area contributed by atoms with Crippen LogP contribution in [0.1, 0.15) is 29.1 Å². The Morgan fingerprint density at radius 1 is 1.50 bits per heavy atom. The Labute approximate surface area is 127 Å². The maximum absolute atomic E-state index is 12.5. The fourth-order valence-electron chi connectivity index (χ4n) is 2.48. The van der Waals surface area contributed by atoms with Crippen molar-refractivity contribution in [1.82, 2.24) is 15.5 Å². The average Bonchev–Trinajstić information content (AvgIpc) is 2.97. The van der Waals surface area contributed by atoms with Gasteiger partial charge in [-0.05, 0) is 31.9 Å². The molecule has 0 spiro atoms. The van der Waals surface area contributed by atoms with Crippen LogP contribution in [0.4, 0.5) is 5.69 Å². The van der Waals surface area contributed by atoms with Crippen molar-refractivity contribution in [3.63, 3.8) is 0 Å². The highest BCUT2D eigenvalue weighted by Crippen LogP contribution is 2.20. The van der Waals surface area contributed by atoms with E-state index in [1.807, 2.05) is 6.07 Å². The molecule has 3 heterocycles. The van der Waals surface area contributed by atoms with Crippen molar-refractivity contribution in [2.75, 3.05) is 11.4 Å². The molecule has 0 radical (unpaired) electrons. The molecule has 1 aliphatic rings. The number of nitrogens with zero attached hydrogens (tertiary/aromatic N) is 3. The molecule has 1 N–H and O–H groups in total. The molecular weight excluding hydrogens is 284 g/mol. The summed E-state index contributed by atoms with van der Waals surface area (Å²) in [4.78, 5) is 30.3. The first kappa shape index (κ1) is 14.2. The van der Waals surface area contributed by atoms with Gasteiger partial charge in [0.2, 0.25) is 5.91 Å². The molecular formula is C15H16N4O3. The lowest BCUT2D eigenvalue weighted by Crippen LogP contribution is -2.52. The highest BCUT2D eigenvalue weighted by molar-refractivity contribution is 6.02. The van der Waals surface area contributed by atoms with Crippen molar-refractivity contribution in [2.45, 2.75) is 25.8 Å². The molecule has 1 fully saturated rings. The molecule has 0 bridgehead atoms. The number of aryl methyl sites for hydroxylation is 1. The SMILES string of the molecule is Cc1cc(C(=O)N[C@H]2CCCN(c3cccnc3)C2=O)no1. The highest BCUT2D eigenvalue weighted by Gasteiger charge is 2.31. The maximum Gasteiger partial charge on any atom is 0.274 e. The zero-order valence-electron chi connectivity index (χ0n) is 12.2. The fraction of sp³-hybridized carbons (Fsp3) is 0.333. The van der Waals surface area contributed by atoms with Crippen LogP contribution in [-0.4, -0.2) is 34.5 Å². The van der Waals surface area contributed by atoms with E-state index in [0.717, 1.165) is 12.1 Å². The summed E-state index contributed by atoms with van der Waals surface area (Å²) in [6, 6.07) is 4.60. The second-order valence-electron chi connectivity index (χ2n) is 5.19. The largest absolute Gasteiger partial charge is 0.361 e. The van der Waals surface area contributed by atoms with Crippen molar-refractivity contribution in [3.8, 4) is 0 Å². The molecule has 114 valence electrons. The number of hydrogen-bond donors (Lipinski definition) is 1. The Morgan fingerprint density at radius 2 is 2.36 bits per heavy atom. The van der Waals surface area contributed by atoms with Gasteiger partial charge in [-0.15, -0.1) is 0 Å². The van der Waals surface area contributed by atoms with Gasteiger partial charge in [0.15, 0.2) is 5.69 Å². The number of nitrogens with one attached hydrogen (secondary N) is 1. The van der Waals surface area contributed by atoms with E-state index in [9.17, 15) is 9.59 Å². The number of anilines is 1. The number of pyridine rings is 1. The first-order valence-corrected chi connectivity index (χ1v) is 7.11. The molecule has 1 atom stereocenters. The second kappa shape index (κ2) is 5.97. The van der Waals surface area contributed by atoms with Crippen molar-refractivity contribution in [2.24, 2.45) is 0 Å². The molecule has 0 unspecified atom stereocenters. The molecule has 0 saturated carbocycles. The summed E-state index contributed by atoms with van der Waals surface area (Å²) < 4.78 is 4.88. The number of hydrogen-bond acceptors (Lipinski definition) is 5. The third-order valence-electron chi connectivity index (χ3n) is 3.56. The van der Waals surface area contributed by atoms with Crippen molar-refractivity contribution in [3.05, 3.63) is 42.0 Å². The van der Waals surface area contributed by atoms with Crippen LogP contribution in [0.15, 0.2) is 35.1 Å². The molecule has 3 rings (SSSR count). The lowest BCUT2D eigenvalue weighted by atomic mass is 10.0. The normalized spacial score (nSPS) is 18.3. The zero-order valence-corrected chi connectivity index (χ0v) is 12.2. The quantitative estimate of drug-likeness (QED) is 0.923. The van der Waals surface area contributed by atoms with Crippen molar-refractivity contribution in [1.29, 1.82) is 0 Å². The number of carbonyl (C=O) groups is 2. The molecule has 2 aromatic rings. The monoisotopic (exact) mass is 300 g/mol. The summed E-state index contributed by atoms with van der Waals surface area (Å²) in [5, 5.41) is 6.39. The standard InChI is InChI=1S/C15H16N4O3/c1-10-8-13(18-22-10)14(20)17-12-5-3-7-19(15(12)21)11-4-2-6-16-9-11/h2,4,6,8-9,12H,3,5,7H2,1H3,(H,17,20)/t12-/m0/s1. The number of piperidine rings is 1. The summed E-state index contributed by atoms with van der Waals surface area (Å²) >= 11 is 0. The number of rotatable bonds is 3. The van der Waals surface area contributed by atoms with Gasteiger partial charge in [0.1, 0.15) is 11.8 Å². The van der Waals surface area contributed by atoms with E-state index in [-0.39, 0.29) is 11.6 Å². The first-order chi connectivity index (χ1) is 10.6. The van der Waals surface area contributed by atoms with Gasteiger partial charge >= 0.3 is 0 Å². The fourth-order valence-corrected chi connectivity index (χ4v) is 2.48. The Balaban J connectivity index is 1.72. The average molecular weight is 300 g/mol. The molecule has 7 nitrogen and oxygen atoms in total. The zero-order chi connectivity index (χ0) is 15.5. The maximum atomic E-state index is 12.5. The molecule has 1 saturated heterocycles. The van der Waals surface area contributed by atoms with Gasteiger partial charge in [0.25, 0.3) is 5.91 Å². The third kappa shape index (κ3) is 2.83. The molecule has 2 amide bonds. The van der Waals surface area contributed by atoms with Gasteiger partial charge in [0, 0.05) is 18.8 Å². The van der Waals surface area contributed by atoms with E-state index in [0.29, 0.717) is 18.7 Å². The predicted molar refractivity (Wildman–Crippen MR) is 78.3 cm³/mol. The van der Waals surface area contributed by atoms with Crippen LogP contribution >= 0.6 is 0 Å². The topological polar surface area (TPSA) is 88.3 Å². The number of aromatic nitrogens is 2. The van der Waals surface area contributed by atoms with Crippen LogP contribution in [-0.2, 0) is 4.79 Å². The minimum Gasteiger partial charge on any atom is -0.361 e. The van der Waals surface area contributed by atoms with Gasteiger partial charge in [-0.3, -0.25) is 14.6 Å². The first-order valence-electron chi connectivity index (χ1n) is 7.11. The van der Waals surface area contributed by atoms with Gasteiger partial charge in [-0.25, -0.2) is 0 Å². The van der Waals surface area contributed by atoms with Gasteiger partial charge < -0.3 is 14.7 Å². The Hall–Kier alpha value is -2.70. The lowest BCUT2D eigenvalue weighted by molar-refractivity contribution is -0.121. The molecule has 22 heavy (non-hydrogen) atoms. The summed E-state index contributed by atoms with van der Waals surface area (Å²) in [5.41, 5.74) is 0.924. The van der Waals surface area contributed by atoms with E-state index < -0.39 is 11.9 Å². The second-order valence-corrected chi connectivity index (χ2v) is 5.19. The smallest absolute Gasteiger partial charge is 0.274 e. The van der Waals surface area contributed by atoms with Crippen LogP contribution in [0.3, 0.4) is 0 Å². The van der Waals surface area contributed by atoms with Gasteiger partial charge in [-0.2, -0.15) is 0 Å². The highest BCUT2D eigenvalue weighted by atomic mass is 16.5. The minimum atomic E-state index is -0.557. The van der Waals surface area contributed by atoms with Gasteiger partial charge in [0.05, 0.1) is 11.9 Å². The van der Waals surface area contributed by atoms with E-state index in [2.05, 4.69) is 15.5 Å². The molecule has 1 aliphatic heterocycles. The van der Waals surface area contributed by atoms with E-state index >= 15 is 0 Å². The summed E-state index contributed by atoms with van der Waals surface area (Å²) in [6.45, 7) is 2.33. The summed E-state index contributed by atoms with van der Waals surface area (Å²) in [7, 11) is 0. The van der Waals surface area contributed by atoms with Crippen LogP contribution in [0.25, 0.3) is 0 Å². The number of amides is 2. The van der Waals surface area contributed by atoms with Crippen LogP contribution in [0.5, 0.6) is 0 Å². The third-order valence-corrected chi connectivity index (χ3v) is 3.56. The molecule has 0 aromatic carbocycles. The minimum absolute atomic E-state index is 0.132. The summed E-state index contributed by atoms with van der Waals surface area (Å²) in [6.07, 6.45) is 4.72. The molecule has 7 heteroatoms. The Morgan fingerprint density at radius 3 is 3.05 bits per heavy atom. The molecule has 2 aromatic heterocycles. The van der Waals surface area contributed by atoms with E-state index in [4.69, 9.17) is 4.52 Å². The van der Waals surface area contributed by atoms with Crippen molar-refractivity contribution < 1.29 is 14.1 Å². The Kier molecular flexibility index (Phi) is 3.86. The van der Waals surface area contributed by atoms with Crippen LogP contribution < -0.4 is 10.2 Å². The lowest BCUT2D eigenvalue weighted by Gasteiger charge is -2.32. The molecule has 0 aliphatic carbocycles. The van der Waals surface area contributed by atoms with Crippen LogP contribution in [0.2, 0.25) is 0 Å². The van der Waals surface area contributed by atoms with E-state index in [1.165, 1.54) is 0 Å². The van der Waals surface area contributed by atoms with Crippen molar-refractivity contribution >= 4 is 17.5 Å².